The molecule has 0 spiro atoms. The van der Waals surface area contributed by atoms with Gasteiger partial charge >= 0.3 is 21.3 Å². The van der Waals surface area contributed by atoms with Gasteiger partial charge in [-0.1, -0.05) is 30.3 Å². The normalized spacial score (nSPS) is 12.3. The molecule has 3 rings (SSSR count). The van der Waals surface area contributed by atoms with Crippen LogP contribution in [0.15, 0.2) is 68.7 Å². The zero-order valence-corrected chi connectivity index (χ0v) is 15.0. The van der Waals surface area contributed by atoms with Crippen LogP contribution in [0.4, 0.5) is 13.2 Å². The molecule has 0 aliphatic heterocycles. The maximum absolute atomic E-state index is 12.5. The molecule has 0 saturated carbocycles. The van der Waals surface area contributed by atoms with Crippen LogP contribution in [0.3, 0.4) is 0 Å². The van der Waals surface area contributed by atoms with Gasteiger partial charge < -0.3 is 8.60 Å². The minimum absolute atomic E-state index is 0.0634. The van der Waals surface area contributed by atoms with E-state index in [4.69, 9.17) is 4.42 Å². The van der Waals surface area contributed by atoms with E-state index in [0.29, 0.717) is 16.7 Å². The molecule has 10 heteroatoms. The summed E-state index contributed by atoms with van der Waals surface area (Å²) in [5, 5.41) is -0.0634. The van der Waals surface area contributed by atoms with Crippen molar-refractivity contribution in [3.05, 3.63) is 70.6 Å². The Balaban J connectivity index is 1.93. The molecule has 27 heavy (non-hydrogen) atoms. The minimum atomic E-state index is -5.90. The number of hydrogen-bond acceptors (Lipinski definition) is 6. The van der Waals surface area contributed by atoms with E-state index in [-0.39, 0.29) is 11.0 Å². The number of benzene rings is 2. The van der Waals surface area contributed by atoms with Crippen LogP contribution in [0.25, 0.3) is 11.0 Å². The van der Waals surface area contributed by atoms with Gasteiger partial charge in [0, 0.05) is 10.6 Å². The van der Waals surface area contributed by atoms with Crippen LogP contribution >= 0.6 is 11.8 Å². The Bertz CT molecular complexity index is 1120. The summed E-state index contributed by atoms with van der Waals surface area (Å²) in [5.74, 6) is -0.118. The topological polar surface area (TPSA) is 73.6 Å². The van der Waals surface area contributed by atoms with Crippen molar-refractivity contribution in [2.75, 3.05) is 0 Å². The number of alkyl halides is 3. The predicted octanol–water partition coefficient (Wildman–Crippen LogP) is 4.31. The number of hydrogen-bond donors (Lipinski definition) is 0. The monoisotopic (exact) mass is 416 g/mol. The van der Waals surface area contributed by atoms with E-state index in [9.17, 15) is 26.4 Å². The molecule has 1 aromatic heterocycles. The van der Waals surface area contributed by atoms with Crippen LogP contribution in [-0.4, -0.2) is 13.9 Å². The molecule has 5 nitrogen and oxygen atoms in total. The summed E-state index contributed by atoms with van der Waals surface area (Å²) < 4.78 is 69.1. The Kier molecular flexibility index (Phi) is 5.20. The summed E-state index contributed by atoms with van der Waals surface area (Å²) in [5.41, 5.74) is -5.66. The second-order valence-electron chi connectivity index (χ2n) is 5.35. The van der Waals surface area contributed by atoms with Gasteiger partial charge in [0.05, 0.1) is 11.5 Å². The summed E-state index contributed by atoms with van der Waals surface area (Å²) in [6.45, 7) is 0. The van der Waals surface area contributed by atoms with E-state index >= 15 is 0 Å². The van der Waals surface area contributed by atoms with Crippen LogP contribution < -0.4 is 9.81 Å². The fourth-order valence-corrected chi connectivity index (χ4v) is 3.53. The highest BCUT2D eigenvalue weighted by Crippen LogP contribution is 2.33. The first kappa shape index (κ1) is 19.3. The largest absolute Gasteiger partial charge is 0.534 e. The first-order valence-electron chi connectivity index (χ1n) is 7.41. The lowest BCUT2D eigenvalue weighted by Crippen LogP contribution is -2.28. The summed E-state index contributed by atoms with van der Waals surface area (Å²) >= 11 is 1.42. The van der Waals surface area contributed by atoms with Crippen molar-refractivity contribution in [2.45, 2.75) is 16.2 Å². The van der Waals surface area contributed by atoms with E-state index in [1.807, 2.05) is 30.3 Å². The SMILES string of the molecule is O=c1cc(OS(=O)(=O)C(F)(F)F)c2ccc(SCc3ccccc3)cc2o1. The average Bonchev–Trinajstić information content (AvgIpc) is 2.59. The molecule has 0 fully saturated rings. The van der Waals surface area contributed by atoms with E-state index in [1.54, 1.807) is 6.07 Å². The second kappa shape index (κ2) is 7.28. The highest BCUT2D eigenvalue weighted by Gasteiger charge is 2.48. The average molecular weight is 416 g/mol. The third-order valence-corrected chi connectivity index (χ3v) is 5.44. The highest BCUT2D eigenvalue weighted by molar-refractivity contribution is 7.98. The van der Waals surface area contributed by atoms with Crippen molar-refractivity contribution >= 4 is 32.8 Å². The summed E-state index contributed by atoms with van der Waals surface area (Å²) in [7, 11) is -5.90. The van der Waals surface area contributed by atoms with Crippen LogP contribution in [0.5, 0.6) is 5.75 Å². The Labute approximate surface area is 155 Å². The molecule has 0 amide bonds. The van der Waals surface area contributed by atoms with Gasteiger partial charge in [0.15, 0.2) is 5.75 Å². The summed E-state index contributed by atoms with van der Waals surface area (Å²) in [4.78, 5) is 12.3. The van der Waals surface area contributed by atoms with Crippen LogP contribution in [0.2, 0.25) is 0 Å². The van der Waals surface area contributed by atoms with Crippen LogP contribution in [-0.2, 0) is 15.9 Å². The van der Waals surface area contributed by atoms with Gasteiger partial charge in [-0.3, -0.25) is 0 Å². The molecule has 2 aromatic carbocycles. The van der Waals surface area contributed by atoms with Gasteiger partial charge in [-0.2, -0.15) is 21.6 Å². The number of fused-ring (bicyclic) bond motifs is 1. The predicted molar refractivity (Wildman–Crippen MR) is 94.1 cm³/mol. The van der Waals surface area contributed by atoms with Crippen LogP contribution in [0.1, 0.15) is 5.56 Å². The fraction of sp³-hybridized carbons (Fsp3) is 0.118. The molecule has 0 aliphatic rings. The molecule has 0 bridgehead atoms. The summed E-state index contributed by atoms with van der Waals surface area (Å²) in [6.07, 6.45) is 0. The Hall–Kier alpha value is -2.46. The Morgan fingerprint density at radius 1 is 1.04 bits per heavy atom. The second-order valence-corrected chi connectivity index (χ2v) is 7.93. The first-order chi connectivity index (χ1) is 12.7. The van der Waals surface area contributed by atoms with Gasteiger partial charge in [0.2, 0.25) is 0 Å². The lowest BCUT2D eigenvalue weighted by Gasteiger charge is -2.11. The first-order valence-corrected chi connectivity index (χ1v) is 9.80. The van der Waals surface area contributed by atoms with Gasteiger partial charge in [0.1, 0.15) is 5.58 Å². The Morgan fingerprint density at radius 2 is 1.74 bits per heavy atom. The third kappa shape index (κ3) is 4.45. The molecule has 0 N–H and O–H groups in total. The fourth-order valence-electron chi connectivity index (χ4n) is 2.18. The molecule has 142 valence electrons. The van der Waals surface area contributed by atoms with Gasteiger partial charge in [-0.05, 0) is 23.8 Å². The number of rotatable bonds is 5. The molecular weight excluding hydrogens is 405 g/mol. The number of halogens is 3. The van der Waals surface area contributed by atoms with E-state index in [2.05, 4.69) is 4.18 Å². The lowest BCUT2D eigenvalue weighted by atomic mass is 10.2. The minimum Gasteiger partial charge on any atom is -0.422 e. The molecule has 1 heterocycles. The maximum atomic E-state index is 12.5. The van der Waals surface area contributed by atoms with Crippen molar-refractivity contribution in [3.63, 3.8) is 0 Å². The zero-order chi connectivity index (χ0) is 19.7. The molecule has 0 saturated heterocycles. The van der Waals surface area contributed by atoms with Gasteiger partial charge in [-0.25, -0.2) is 4.79 Å². The van der Waals surface area contributed by atoms with E-state index in [1.165, 1.54) is 23.9 Å². The highest BCUT2D eigenvalue weighted by atomic mass is 32.2. The van der Waals surface area contributed by atoms with Crippen molar-refractivity contribution in [3.8, 4) is 5.75 Å². The van der Waals surface area contributed by atoms with Crippen LogP contribution in [0, 0.1) is 0 Å². The van der Waals surface area contributed by atoms with Crippen molar-refractivity contribution in [2.24, 2.45) is 0 Å². The molecule has 3 aromatic rings. The lowest BCUT2D eigenvalue weighted by molar-refractivity contribution is -0.0499. The maximum Gasteiger partial charge on any atom is 0.534 e. The zero-order valence-electron chi connectivity index (χ0n) is 13.4. The van der Waals surface area contributed by atoms with Crippen molar-refractivity contribution in [1.29, 1.82) is 0 Å². The standard InChI is InChI=1S/C17H11F3O5S2/c18-17(19,20)27(22,23)25-15-9-16(21)24-14-8-12(6-7-13(14)15)26-10-11-4-2-1-3-5-11/h1-9H,10H2. The van der Waals surface area contributed by atoms with E-state index < -0.39 is 27.0 Å². The third-order valence-electron chi connectivity index (χ3n) is 3.41. The molecular formula is C17H11F3O5S2. The summed E-state index contributed by atoms with van der Waals surface area (Å²) in [6, 6.07) is 14.4. The van der Waals surface area contributed by atoms with Crippen molar-refractivity contribution in [1.82, 2.24) is 0 Å². The van der Waals surface area contributed by atoms with Gasteiger partial charge in [0.25, 0.3) is 0 Å². The van der Waals surface area contributed by atoms with Crippen molar-refractivity contribution < 1.29 is 30.2 Å². The quantitative estimate of drug-likeness (QED) is 0.267. The molecule has 0 radical (unpaired) electrons. The van der Waals surface area contributed by atoms with E-state index in [0.717, 1.165) is 5.56 Å². The molecule has 0 atom stereocenters. The Morgan fingerprint density at radius 3 is 2.41 bits per heavy atom. The number of thioether (sulfide) groups is 1. The molecule has 0 unspecified atom stereocenters. The molecule has 0 aliphatic carbocycles. The smallest absolute Gasteiger partial charge is 0.422 e. The van der Waals surface area contributed by atoms with Gasteiger partial charge in [-0.15, -0.1) is 11.8 Å².